The normalized spacial score (nSPS) is 14.7. The number of hydrogen-bond acceptors (Lipinski definition) is 5. The van der Waals surface area contributed by atoms with E-state index in [0.29, 0.717) is 19.7 Å². The first-order valence-electron chi connectivity index (χ1n) is 5.29. The third-order valence-corrected chi connectivity index (χ3v) is 2.41. The van der Waals surface area contributed by atoms with Gasteiger partial charge in [-0.1, -0.05) is 0 Å². The van der Waals surface area contributed by atoms with Crippen molar-refractivity contribution < 1.29 is 9.68 Å². The van der Waals surface area contributed by atoms with Crippen molar-refractivity contribution in [3.05, 3.63) is 23.8 Å². The van der Waals surface area contributed by atoms with E-state index < -0.39 is 0 Å². The molecule has 1 aliphatic rings. The summed E-state index contributed by atoms with van der Waals surface area (Å²) >= 11 is 0. The van der Waals surface area contributed by atoms with Crippen molar-refractivity contribution in [1.82, 2.24) is 5.23 Å². The van der Waals surface area contributed by atoms with E-state index in [2.05, 4.69) is 11.0 Å². The van der Waals surface area contributed by atoms with Crippen molar-refractivity contribution in [2.45, 2.75) is 6.54 Å². The summed E-state index contributed by atoms with van der Waals surface area (Å²) in [6, 6.07) is 6.07. The average molecular weight is 223 g/mol. The monoisotopic (exact) mass is 223 g/mol. The number of nitrogens with zero attached hydrogens (tertiary/aromatic N) is 2. The Morgan fingerprint density at radius 3 is 3.00 bits per heavy atom. The molecule has 0 bridgehead atoms. The first kappa shape index (κ1) is 11.2. The molecule has 1 heterocycles. The predicted molar refractivity (Wildman–Crippen MR) is 61.9 cm³/mol. The third-order valence-electron chi connectivity index (χ3n) is 2.41. The number of hydroxylamine groups is 2. The SMILES string of the molecule is CN(C)c1ccc2c(c1)CN(OCCN)O2. The Morgan fingerprint density at radius 1 is 1.50 bits per heavy atom. The zero-order chi connectivity index (χ0) is 11.5. The zero-order valence-electron chi connectivity index (χ0n) is 9.64. The van der Waals surface area contributed by atoms with Gasteiger partial charge in [0, 0.05) is 31.9 Å². The van der Waals surface area contributed by atoms with E-state index in [0.717, 1.165) is 17.0 Å². The lowest BCUT2D eigenvalue weighted by atomic mass is 10.2. The van der Waals surface area contributed by atoms with Crippen LogP contribution >= 0.6 is 0 Å². The number of nitrogens with two attached hydrogens (primary N) is 1. The smallest absolute Gasteiger partial charge is 0.155 e. The number of rotatable bonds is 4. The molecule has 0 unspecified atom stereocenters. The highest BCUT2D eigenvalue weighted by Gasteiger charge is 2.21. The Balaban J connectivity index is 2.06. The Morgan fingerprint density at radius 2 is 2.31 bits per heavy atom. The highest BCUT2D eigenvalue weighted by Crippen LogP contribution is 2.31. The van der Waals surface area contributed by atoms with E-state index in [1.165, 1.54) is 5.23 Å². The minimum absolute atomic E-state index is 0.467. The summed E-state index contributed by atoms with van der Waals surface area (Å²) in [6.45, 7) is 1.59. The second-order valence-corrected chi connectivity index (χ2v) is 3.89. The summed E-state index contributed by atoms with van der Waals surface area (Å²) < 4.78 is 0. The van der Waals surface area contributed by atoms with E-state index in [1.807, 2.05) is 26.2 Å². The summed E-state index contributed by atoms with van der Waals surface area (Å²) in [5.74, 6) is 0.850. The van der Waals surface area contributed by atoms with E-state index >= 15 is 0 Å². The van der Waals surface area contributed by atoms with E-state index in [-0.39, 0.29) is 0 Å². The van der Waals surface area contributed by atoms with Crippen LogP contribution in [0.4, 0.5) is 5.69 Å². The second-order valence-electron chi connectivity index (χ2n) is 3.89. The van der Waals surface area contributed by atoms with Gasteiger partial charge in [0.05, 0.1) is 13.2 Å². The highest BCUT2D eigenvalue weighted by molar-refractivity contribution is 5.52. The lowest BCUT2D eigenvalue weighted by Gasteiger charge is -2.12. The Kier molecular flexibility index (Phi) is 3.28. The lowest BCUT2D eigenvalue weighted by Crippen LogP contribution is -2.25. The van der Waals surface area contributed by atoms with Gasteiger partial charge in [0.15, 0.2) is 5.75 Å². The maximum atomic E-state index is 5.48. The molecule has 1 aromatic carbocycles. The third kappa shape index (κ3) is 2.27. The van der Waals surface area contributed by atoms with Crippen LogP contribution in [-0.2, 0) is 11.4 Å². The van der Waals surface area contributed by atoms with Crippen molar-refractivity contribution in [3.63, 3.8) is 0 Å². The van der Waals surface area contributed by atoms with E-state index in [4.69, 9.17) is 15.4 Å². The van der Waals surface area contributed by atoms with Gasteiger partial charge >= 0.3 is 0 Å². The van der Waals surface area contributed by atoms with Gasteiger partial charge in [-0.15, -0.1) is 0 Å². The fourth-order valence-electron chi connectivity index (χ4n) is 1.56. The Labute approximate surface area is 95.2 Å². The van der Waals surface area contributed by atoms with Gasteiger partial charge < -0.3 is 15.5 Å². The summed E-state index contributed by atoms with van der Waals surface area (Å²) in [5, 5.41) is 1.47. The van der Waals surface area contributed by atoms with E-state index in [1.54, 1.807) is 0 Å². The van der Waals surface area contributed by atoms with E-state index in [9.17, 15) is 0 Å². The van der Waals surface area contributed by atoms with Gasteiger partial charge in [-0.3, -0.25) is 4.84 Å². The molecule has 0 aromatic heterocycles. The van der Waals surface area contributed by atoms with Gasteiger partial charge in [0.2, 0.25) is 0 Å². The lowest BCUT2D eigenvalue weighted by molar-refractivity contribution is -0.310. The number of anilines is 1. The largest absolute Gasteiger partial charge is 0.380 e. The van der Waals surface area contributed by atoms with Crippen molar-refractivity contribution in [2.24, 2.45) is 5.73 Å². The predicted octanol–water partition coefficient (Wildman–Crippen LogP) is 0.752. The highest BCUT2D eigenvalue weighted by atomic mass is 17.0. The maximum Gasteiger partial charge on any atom is 0.155 e. The van der Waals surface area contributed by atoms with Crippen LogP contribution in [0.25, 0.3) is 0 Å². The van der Waals surface area contributed by atoms with Gasteiger partial charge in [0.1, 0.15) is 0 Å². The van der Waals surface area contributed by atoms with Crippen LogP contribution < -0.4 is 15.5 Å². The molecule has 0 amide bonds. The number of benzene rings is 1. The summed E-state index contributed by atoms with van der Waals surface area (Å²) in [4.78, 5) is 12.8. The van der Waals surface area contributed by atoms with Crippen LogP contribution in [0.5, 0.6) is 5.75 Å². The molecule has 2 rings (SSSR count). The molecular formula is C11H17N3O2. The molecule has 0 saturated heterocycles. The minimum atomic E-state index is 0.467. The standard InChI is InChI=1S/C11H17N3O2/c1-13(2)10-3-4-11-9(7-10)8-14(16-11)15-6-5-12/h3-4,7H,5-6,8,12H2,1-2H3. The summed E-state index contributed by atoms with van der Waals surface area (Å²) in [6.07, 6.45) is 0. The second kappa shape index (κ2) is 4.69. The number of hydrogen-bond donors (Lipinski definition) is 1. The molecule has 2 N–H and O–H groups in total. The van der Waals surface area contributed by atoms with Crippen LogP contribution in [0.2, 0.25) is 0 Å². The molecule has 1 aliphatic heterocycles. The van der Waals surface area contributed by atoms with Gasteiger partial charge in [-0.2, -0.15) is 0 Å². The Bertz CT molecular complexity index is 368. The van der Waals surface area contributed by atoms with Crippen LogP contribution in [0, 0.1) is 0 Å². The molecular weight excluding hydrogens is 206 g/mol. The maximum absolute atomic E-state index is 5.48. The molecule has 0 spiro atoms. The summed E-state index contributed by atoms with van der Waals surface area (Å²) in [7, 11) is 4.03. The topological polar surface area (TPSA) is 51.0 Å². The molecule has 88 valence electrons. The molecule has 0 radical (unpaired) electrons. The van der Waals surface area contributed by atoms with Crippen molar-refractivity contribution in [2.75, 3.05) is 32.1 Å². The molecule has 0 saturated carbocycles. The van der Waals surface area contributed by atoms with Crippen molar-refractivity contribution in [3.8, 4) is 5.75 Å². The van der Waals surface area contributed by atoms with Crippen LogP contribution in [0.3, 0.4) is 0 Å². The zero-order valence-corrected chi connectivity index (χ0v) is 9.64. The molecule has 0 fully saturated rings. The van der Waals surface area contributed by atoms with Crippen LogP contribution in [0.15, 0.2) is 18.2 Å². The quantitative estimate of drug-likeness (QED) is 0.816. The summed E-state index contributed by atoms with van der Waals surface area (Å²) in [5.41, 5.74) is 7.65. The fourth-order valence-corrected chi connectivity index (χ4v) is 1.56. The molecule has 0 atom stereocenters. The van der Waals surface area contributed by atoms with Crippen molar-refractivity contribution >= 4 is 5.69 Å². The fraction of sp³-hybridized carbons (Fsp3) is 0.455. The molecule has 5 nitrogen and oxygen atoms in total. The first-order chi connectivity index (χ1) is 7.70. The van der Waals surface area contributed by atoms with Crippen molar-refractivity contribution in [1.29, 1.82) is 0 Å². The minimum Gasteiger partial charge on any atom is -0.380 e. The van der Waals surface area contributed by atoms with Crippen LogP contribution in [-0.4, -0.2) is 32.5 Å². The Hall–Kier alpha value is -1.30. The number of fused-ring (bicyclic) bond motifs is 1. The van der Waals surface area contributed by atoms with Crippen LogP contribution in [0.1, 0.15) is 5.56 Å². The average Bonchev–Trinajstić information content (AvgIpc) is 2.67. The molecule has 0 aliphatic carbocycles. The van der Waals surface area contributed by atoms with Gasteiger partial charge in [-0.05, 0) is 23.4 Å². The molecule has 16 heavy (non-hydrogen) atoms. The first-order valence-corrected chi connectivity index (χ1v) is 5.29. The molecule has 5 heteroatoms. The van der Waals surface area contributed by atoms with Gasteiger partial charge in [0.25, 0.3) is 0 Å². The molecule has 1 aromatic rings. The van der Waals surface area contributed by atoms with Gasteiger partial charge in [-0.25, -0.2) is 0 Å².